The van der Waals surface area contributed by atoms with Crippen LogP contribution in [0.1, 0.15) is 97.3 Å². The lowest BCUT2D eigenvalue weighted by Gasteiger charge is -2.00. The number of hydrogen-bond donors (Lipinski definition) is 0. The lowest BCUT2D eigenvalue weighted by atomic mass is 10.1. The van der Waals surface area contributed by atoms with Gasteiger partial charge in [0.2, 0.25) is 0 Å². The summed E-state index contributed by atoms with van der Waals surface area (Å²) in [5, 5.41) is 0. The highest BCUT2D eigenvalue weighted by molar-refractivity contribution is 5.97. The monoisotopic (exact) mass is 320 g/mol. The van der Waals surface area contributed by atoms with Crippen LogP contribution in [-0.2, 0) is 9.59 Å². The maximum atomic E-state index is 11.4. The van der Waals surface area contributed by atoms with Crippen molar-refractivity contribution >= 4 is 11.6 Å². The highest BCUT2D eigenvalue weighted by Gasteiger charge is 2.04. The van der Waals surface area contributed by atoms with Gasteiger partial charge in [0.05, 0.1) is 6.42 Å². The van der Waals surface area contributed by atoms with Crippen molar-refractivity contribution in [1.82, 2.24) is 0 Å². The Labute approximate surface area is 143 Å². The fourth-order valence-electron chi connectivity index (χ4n) is 2.50. The van der Waals surface area contributed by atoms with Gasteiger partial charge in [0, 0.05) is 6.42 Å². The van der Waals surface area contributed by atoms with Gasteiger partial charge in [-0.05, 0) is 45.4 Å². The summed E-state index contributed by atoms with van der Waals surface area (Å²) in [4.78, 5) is 22.1. The van der Waals surface area contributed by atoms with Crippen LogP contribution in [0.3, 0.4) is 0 Å². The molecule has 0 aliphatic heterocycles. The van der Waals surface area contributed by atoms with Gasteiger partial charge in [-0.3, -0.25) is 9.59 Å². The third-order valence-electron chi connectivity index (χ3n) is 3.85. The van der Waals surface area contributed by atoms with Crippen LogP contribution in [0.4, 0.5) is 0 Å². The number of rotatable bonds is 16. The molecule has 2 heteroatoms. The Hall–Kier alpha value is -1.18. The Balaban J connectivity index is 3.28. The molecule has 0 N–H and O–H groups in total. The molecule has 0 atom stereocenters. The van der Waals surface area contributed by atoms with E-state index < -0.39 is 0 Å². The first-order valence-electron chi connectivity index (χ1n) is 9.48. The standard InChI is InChI=1S/C21H36O2/c1-3-4-5-6-7-8-9-10-11-12-13-14-15-16-17-18-21(23)19-20(2)22/h7-8,10-11H,3-6,9,12-19H2,1-2H3/b8-7-,11-10-. The second kappa shape index (κ2) is 17.2. The largest absolute Gasteiger partial charge is 0.300 e. The maximum absolute atomic E-state index is 11.4. The molecule has 0 rings (SSSR count). The molecular formula is C21H36O2. The highest BCUT2D eigenvalue weighted by atomic mass is 16.1. The third kappa shape index (κ3) is 18.8. The van der Waals surface area contributed by atoms with Crippen molar-refractivity contribution in [3.8, 4) is 0 Å². The predicted octanol–water partition coefficient (Wildman–Crippen LogP) is 6.35. The molecule has 0 saturated carbocycles. The number of ketones is 2. The normalized spacial score (nSPS) is 11.6. The van der Waals surface area contributed by atoms with Crippen LogP contribution in [0, 0.1) is 0 Å². The fourth-order valence-corrected chi connectivity index (χ4v) is 2.50. The average molecular weight is 321 g/mol. The van der Waals surface area contributed by atoms with Crippen molar-refractivity contribution in [2.24, 2.45) is 0 Å². The smallest absolute Gasteiger partial charge is 0.140 e. The maximum Gasteiger partial charge on any atom is 0.140 e. The minimum atomic E-state index is -0.0161. The Morgan fingerprint density at radius 3 is 1.91 bits per heavy atom. The average Bonchev–Trinajstić information content (AvgIpc) is 2.50. The number of carbonyl (C=O) groups is 2. The minimum Gasteiger partial charge on any atom is -0.300 e. The van der Waals surface area contributed by atoms with Gasteiger partial charge in [-0.25, -0.2) is 0 Å². The van der Waals surface area contributed by atoms with E-state index in [4.69, 9.17) is 0 Å². The van der Waals surface area contributed by atoms with Crippen LogP contribution in [0.5, 0.6) is 0 Å². The van der Waals surface area contributed by atoms with Crippen molar-refractivity contribution in [2.45, 2.75) is 97.3 Å². The number of unbranched alkanes of at least 4 members (excludes halogenated alkanes) is 8. The molecule has 0 aliphatic carbocycles. The molecule has 0 aromatic rings. The summed E-state index contributed by atoms with van der Waals surface area (Å²) >= 11 is 0. The first-order valence-corrected chi connectivity index (χ1v) is 9.48. The molecule has 0 aromatic carbocycles. The van der Waals surface area contributed by atoms with Gasteiger partial charge in [0.25, 0.3) is 0 Å². The molecule has 0 amide bonds. The Morgan fingerprint density at radius 2 is 1.30 bits per heavy atom. The molecule has 0 spiro atoms. The molecule has 0 aliphatic rings. The molecule has 0 heterocycles. The summed E-state index contributed by atoms with van der Waals surface area (Å²) in [6, 6.07) is 0. The lowest BCUT2D eigenvalue weighted by Crippen LogP contribution is -2.03. The second-order valence-corrected chi connectivity index (χ2v) is 6.40. The van der Waals surface area contributed by atoms with Crippen molar-refractivity contribution < 1.29 is 9.59 Å². The molecule has 132 valence electrons. The van der Waals surface area contributed by atoms with E-state index in [1.807, 2.05) is 0 Å². The van der Waals surface area contributed by atoms with E-state index in [0.29, 0.717) is 6.42 Å². The number of Topliss-reactive ketones (excluding diaryl/α,β-unsaturated/α-hetero) is 2. The van der Waals surface area contributed by atoms with Crippen LogP contribution in [-0.4, -0.2) is 11.6 Å². The molecule has 0 fully saturated rings. The molecule has 0 radical (unpaired) electrons. The molecule has 0 saturated heterocycles. The first-order chi connectivity index (χ1) is 11.2. The topological polar surface area (TPSA) is 34.1 Å². The molecule has 23 heavy (non-hydrogen) atoms. The highest BCUT2D eigenvalue weighted by Crippen LogP contribution is 2.09. The van der Waals surface area contributed by atoms with E-state index in [-0.39, 0.29) is 18.0 Å². The van der Waals surface area contributed by atoms with Crippen molar-refractivity contribution in [2.75, 3.05) is 0 Å². The quantitative estimate of drug-likeness (QED) is 0.189. The van der Waals surface area contributed by atoms with Crippen molar-refractivity contribution in [3.05, 3.63) is 24.3 Å². The van der Waals surface area contributed by atoms with Crippen LogP contribution in [0.15, 0.2) is 24.3 Å². The Kier molecular flexibility index (Phi) is 16.3. The van der Waals surface area contributed by atoms with Gasteiger partial charge < -0.3 is 0 Å². The summed E-state index contributed by atoms with van der Waals surface area (Å²) in [7, 11) is 0. The number of carbonyl (C=O) groups excluding carboxylic acids is 2. The van der Waals surface area contributed by atoms with Gasteiger partial charge in [0.15, 0.2) is 0 Å². The summed E-state index contributed by atoms with van der Waals surface area (Å²) in [5.41, 5.74) is 0. The zero-order valence-electron chi connectivity index (χ0n) is 15.3. The van der Waals surface area contributed by atoms with E-state index >= 15 is 0 Å². The van der Waals surface area contributed by atoms with E-state index in [1.165, 1.54) is 51.9 Å². The summed E-state index contributed by atoms with van der Waals surface area (Å²) in [5.74, 6) is 0.0840. The summed E-state index contributed by atoms with van der Waals surface area (Å²) in [6.45, 7) is 3.72. The first kappa shape index (κ1) is 21.8. The van der Waals surface area contributed by atoms with E-state index in [0.717, 1.165) is 25.7 Å². The molecule has 2 nitrogen and oxygen atoms in total. The lowest BCUT2D eigenvalue weighted by molar-refractivity contribution is -0.125. The van der Waals surface area contributed by atoms with Crippen LogP contribution < -0.4 is 0 Å². The second-order valence-electron chi connectivity index (χ2n) is 6.40. The molecular weight excluding hydrogens is 284 g/mol. The predicted molar refractivity (Wildman–Crippen MR) is 99.7 cm³/mol. The van der Waals surface area contributed by atoms with Crippen LogP contribution in [0.25, 0.3) is 0 Å². The molecule has 0 bridgehead atoms. The Bertz CT molecular complexity index is 353. The van der Waals surface area contributed by atoms with Crippen molar-refractivity contribution in [1.29, 1.82) is 0 Å². The summed E-state index contributed by atoms with van der Waals surface area (Å²) in [6.07, 6.45) is 22.9. The molecule has 0 unspecified atom stereocenters. The van der Waals surface area contributed by atoms with E-state index in [2.05, 4.69) is 31.2 Å². The third-order valence-corrected chi connectivity index (χ3v) is 3.85. The zero-order chi connectivity index (χ0) is 17.2. The number of allylic oxidation sites excluding steroid dienone is 4. The minimum absolute atomic E-state index is 0.0161. The number of hydrogen-bond acceptors (Lipinski definition) is 2. The van der Waals surface area contributed by atoms with Crippen LogP contribution >= 0.6 is 0 Å². The van der Waals surface area contributed by atoms with E-state index in [1.54, 1.807) is 0 Å². The SMILES string of the molecule is CCCCC/C=C\C/C=C\CCCCCCCC(=O)CC(C)=O. The summed E-state index contributed by atoms with van der Waals surface area (Å²) < 4.78 is 0. The van der Waals surface area contributed by atoms with Gasteiger partial charge in [-0.15, -0.1) is 0 Å². The van der Waals surface area contributed by atoms with Crippen LogP contribution in [0.2, 0.25) is 0 Å². The molecule has 0 aromatic heterocycles. The van der Waals surface area contributed by atoms with Gasteiger partial charge in [-0.1, -0.05) is 63.3 Å². The fraction of sp³-hybridized carbons (Fsp3) is 0.714. The van der Waals surface area contributed by atoms with Gasteiger partial charge >= 0.3 is 0 Å². The Morgan fingerprint density at radius 1 is 0.739 bits per heavy atom. The van der Waals surface area contributed by atoms with Gasteiger partial charge in [0.1, 0.15) is 11.6 Å². The van der Waals surface area contributed by atoms with Crippen molar-refractivity contribution in [3.63, 3.8) is 0 Å². The van der Waals surface area contributed by atoms with E-state index in [9.17, 15) is 9.59 Å². The zero-order valence-corrected chi connectivity index (χ0v) is 15.3. The van der Waals surface area contributed by atoms with Gasteiger partial charge in [-0.2, -0.15) is 0 Å².